The van der Waals surface area contributed by atoms with Gasteiger partial charge in [0.15, 0.2) is 0 Å². The van der Waals surface area contributed by atoms with Gasteiger partial charge in [-0.2, -0.15) is 0 Å². The van der Waals surface area contributed by atoms with Gasteiger partial charge in [0.1, 0.15) is 0 Å². The van der Waals surface area contributed by atoms with E-state index in [1.165, 1.54) is 22.3 Å². The van der Waals surface area contributed by atoms with Gasteiger partial charge in [0.05, 0.1) is 12.7 Å². The minimum Gasteiger partial charge on any atom is -0.376 e. The van der Waals surface area contributed by atoms with E-state index in [2.05, 4.69) is 51.7 Å². The molecular formula is C18H30N2O. The Bertz CT molecular complexity index is 486. The van der Waals surface area contributed by atoms with Crippen LogP contribution in [0.25, 0.3) is 0 Å². The van der Waals surface area contributed by atoms with Gasteiger partial charge in [0, 0.05) is 25.2 Å². The zero-order chi connectivity index (χ0) is 15.6. The third-order valence-electron chi connectivity index (χ3n) is 4.85. The number of ether oxygens (including phenoxy) is 1. The fraction of sp³-hybridized carbons (Fsp3) is 0.667. The second-order valence-corrected chi connectivity index (χ2v) is 6.45. The third kappa shape index (κ3) is 3.47. The predicted molar refractivity (Wildman–Crippen MR) is 88.6 cm³/mol. The molecule has 1 aliphatic heterocycles. The van der Waals surface area contributed by atoms with Crippen molar-refractivity contribution in [2.45, 2.75) is 59.2 Å². The molecule has 3 atom stereocenters. The lowest BCUT2D eigenvalue weighted by atomic mass is 9.93. The summed E-state index contributed by atoms with van der Waals surface area (Å²) in [6, 6.07) is 5.38. The lowest BCUT2D eigenvalue weighted by molar-refractivity contribution is -0.0720. The highest BCUT2D eigenvalue weighted by Crippen LogP contribution is 2.30. The fourth-order valence-electron chi connectivity index (χ4n) is 3.39. The van der Waals surface area contributed by atoms with Gasteiger partial charge in [-0.25, -0.2) is 0 Å². The van der Waals surface area contributed by atoms with Crippen LogP contribution in [0.1, 0.15) is 48.6 Å². The van der Waals surface area contributed by atoms with Crippen LogP contribution in [0.15, 0.2) is 12.1 Å². The second-order valence-electron chi connectivity index (χ2n) is 6.45. The lowest BCUT2D eigenvalue weighted by Gasteiger charge is -2.43. The molecule has 0 saturated carbocycles. The molecule has 1 aromatic carbocycles. The molecule has 1 saturated heterocycles. The summed E-state index contributed by atoms with van der Waals surface area (Å²) in [4.78, 5) is 2.56. The lowest BCUT2D eigenvalue weighted by Crippen LogP contribution is -2.51. The molecule has 1 aliphatic rings. The summed E-state index contributed by atoms with van der Waals surface area (Å²) in [5, 5.41) is 0. The molecule has 0 aromatic heterocycles. The summed E-state index contributed by atoms with van der Waals surface area (Å²) < 4.78 is 5.83. The first-order valence-electron chi connectivity index (χ1n) is 8.13. The molecule has 3 unspecified atom stereocenters. The van der Waals surface area contributed by atoms with Crippen molar-refractivity contribution in [1.29, 1.82) is 0 Å². The Morgan fingerprint density at radius 1 is 1.24 bits per heavy atom. The van der Waals surface area contributed by atoms with Gasteiger partial charge in [0.2, 0.25) is 0 Å². The molecule has 1 heterocycles. The Kier molecular flexibility index (Phi) is 5.42. The molecule has 118 valence electrons. The average Bonchev–Trinajstić information content (AvgIpc) is 2.45. The molecule has 1 fully saturated rings. The molecule has 21 heavy (non-hydrogen) atoms. The summed E-state index contributed by atoms with van der Waals surface area (Å²) in [6.07, 6.45) is 1.39. The quantitative estimate of drug-likeness (QED) is 0.926. The molecule has 1 aromatic rings. The largest absolute Gasteiger partial charge is 0.376 e. The highest BCUT2D eigenvalue weighted by molar-refractivity contribution is 5.38. The van der Waals surface area contributed by atoms with Gasteiger partial charge in [0.25, 0.3) is 0 Å². The number of hydrogen-bond acceptors (Lipinski definition) is 3. The monoisotopic (exact) mass is 290 g/mol. The van der Waals surface area contributed by atoms with Crippen LogP contribution in [0.4, 0.5) is 0 Å². The van der Waals surface area contributed by atoms with E-state index in [9.17, 15) is 0 Å². The van der Waals surface area contributed by atoms with E-state index in [1.54, 1.807) is 0 Å². The number of aryl methyl sites for hydroxylation is 3. The number of benzene rings is 1. The molecule has 0 radical (unpaired) electrons. The van der Waals surface area contributed by atoms with Crippen molar-refractivity contribution in [3.63, 3.8) is 0 Å². The Balaban J connectivity index is 2.35. The summed E-state index contributed by atoms with van der Waals surface area (Å²) in [5.41, 5.74) is 11.6. The average molecular weight is 290 g/mol. The minimum atomic E-state index is 0.286. The van der Waals surface area contributed by atoms with Crippen molar-refractivity contribution in [2.75, 3.05) is 19.7 Å². The van der Waals surface area contributed by atoms with E-state index in [4.69, 9.17) is 10.5 Å². The van der Waals surface area contributed by atoms with Crippen molar-refractivity contribution in [3.05, 3.63) is 34.4 Å². The molecular weight excluding hydrogens is 260 g/mol. The normalized spacial score (nSPS) is 25.0. The molecule has 0 spiro atoms. The highest BCUT2D eigenvalue weighted by Gasteiger charge is 2.32. The van der Waals surface area contributed by atoms with Gasteiger partial charge in [-0.05, 0) is 56.4 Å². The first kappa shape index (κ1) is 16.5. The van der Waals surface area contributed by atoms with Crippen LogP contribution in [-0.4, -0.2) is 36.7 Å². The fourth-order valence-corrected chi connectivity index (χ4v) is 3.39. The standard InChI is InChI=1S/C18H30N2O/c1-6-16-11-21-15(5)10-20(16)18(9-19)17-8-13(3)12(2)7-14(17)4/h7-8,15-16,18H,6,9-11,19H2,1-5H3. The molecule has 0 bridgehead atoms. The third-order valence-corrected chi connectivity index (χ3v) is 4.85. The van der Waals surface area contributed by atoms with Crippen LogP contribution in [0.2, 0.25) is 0 Å². The van der Waals surface area contributed by atoms with Gasteiger partial charge in [-0.3, -0.25) is 4.90 Å². The summed E-state index contributed by atoms with van der Waals surface area (Å²) in [7, 11) is 0. The topological polar surface area (TPSA) is 38.5 Å². The van der Waals surface area contributed by atoms with Crippen molar-refractivity contribution in [2.24, 2.45) is 5.73 Å². The first-order valence-corrected chi connectivity index (χ1v) is 8.13. The van der Waals surface area contributed by atoms with E-state index in [0.29, 0.717) is 18.6 Å². The Morgan fingerprint density at radius 2 is 1.90 bits per heavy atom. The first-order chi connectivity index (χ1) is 9.97. The van der Waals surface area contributed by atoms with Crippen molar-refractivity contribution < 1.29 is 4.74 Å². The van der Waals surface area contributed by atoms with Gasteiger partial charge in [-0.15, -0.1) is 0 Å². The maximum atomic E-state index is 6.17. The van der Waals surface area contributed by atoms with E-state index in [1.807, 2.05) is 0 Å². The van der Waals surface area contributed by atoms with Crippen molar-refractivity contribution in [3.8, 4) is 0 Å². The van der Waals surface area contributed by atoms with Crippen LogP contribution < -0.4 is 5.73 Å². The number of nitrogens with two attached hydrogens (primary N) is 1. The molecule has 2 rings (SSSR count). The van der Waals surface area contributed by atoms with Crippen LogP contribution in [0, 0.1) is 20.8 Å². The molecule has 3 nitrogen and oxygen atoms in total. The zero-order valence-corrected chi connectivity index (χ0v) is 14.1. The Labute approximate surface area is 129 Å². The van der Waals surface area contributed by atoms with Crippen molar-refractivity contribution in [1.82, 2.24) is 4.90 Å². The van der Waals surface area contributed by atoms with E-state index < -0.39 is 0 Å². The highest BCUT2D eigenvalue weighted by atomic mass is 16.5. The SMILES string of the molecule is CCC1COC(C)CN1C(CN)c1cc(C)c(C)cc1C. The Hall–Kier alpha value is -0.900. The van der Waals surface area contributed by atoms with Gasteiger partial charge in [-0.1, -0.05) is 19.1 Å². The minimum absolute atomic E-state index is 0.286. The van der Waals surface area contributed by atoms with Gasteiger partial charge >= 0.3 is 0 Å². The smallest absolute Gasteiger partial charge is 0.0675 e. The number of morpholine rings is 1. The number of rotatable bonds is 4. The maximum Gasteiger partial charge on any atom is 0.0675 e. The summed E-state index contributed by atoms with van der Waals surface area (Å²) in [5.74, 6) is 0. The van der Waals surface area contributed by atoms with E-state index in [-0.39, 0.29) is 6.10 Å². The van der Waals surface area contributed by atoms with Crippen LogP contribution in [0.5, 0.6) is 0 Å². The van der Waals surface area contributed by atoms with Crippen LogP contribution in [0.3, 0.4) is 0 Å². The molecule has 0 amide bonds. The van der Waals surface area contributed by atoms with Crippen LogP contribution in [-0.2, 0) is 4.74 Å². The molecule has 3 heteroatoms. The maximum absolute atomic E-state index is 6.17. The second kappa shape index (κ2) is 6.91. The van der Waals surface area contributed by atoms with E-state index in [0.717, 1.165) is 19.6 Å². The number of hydrogen-bond donors (Lipinski definition) is 1. The Morgan fingerprint density at radius 3 is 2.52 bits per heavy atom. The van der Waals surface area contributed by atoms with E-state index >= 15 is 0 Å². The molecule has 2 N–H and O–H groups in total. The van der Waals surface area contributed by atoms with Crippen molar-refractivity contribution >= 4 is 0 Å². The summed E-state index contributed by atoms with van der Waals surface area (Å²) >= 11 is 0. The summed E-state index contributed by atoms with van der Waals surface area (Å²) in [6.45, 7) is 13.4. The van der Waals surface area contributed by atoms with Gasteiger partial charge < -0.3 is 10.5 Å². The van der Waals surface area contributed by atoms with Crippen LogP contribution >= 0.6 is 0 Å². The number of nitrogens with zero attached hydrogens (tertiary/aromatic N) is 1. The molecule has 0 aliphatic carbocycles. The predicted octanol–water partition coefficient (Wildman–Crippen LogP) is 3.11. The zero-order valence-electron chi connectivity index (χ0n) is 14.1.